The summed E-state index contributed by atoms with van der Waals surface area (Å²) in [6.07, 6.45) is -2.86. The third kappa shape index (κ3) is 2.85. The van der Waals surface area contributed by atoms with Gasteiger partial charge in [0.05, 0.1) is 0 Å². The van der Waals surface area contributed by atoms with Crippen molar-refractivity contribution in [3.63, 3.8) is 0 Å². The molecule has 0 aromatic heterocycles. The summed E-state index contributed by atoms with van der Waals surface area (Å²) < 4.78 is 37.6. The Hall–Kier alpha value is -0.290. The smallest absolute Gasteiger partial charge is 0.309 e. The Bertz CT molecular complexity index is 173. The molecule has 0 bridgehead atoms. The van der Waals surface area contributed by atoms with Gasteiger partial charge in [0.1, 0.15) is 6.04 Å². The highest BCUT2D eigenvalue weighted by Crippen LogP contribution is 2.31. The van der Waals surface area contributed by atoms with Gasteiger partial charge in [0, 0.05) is 0 Å². The second kappa shape index (κ2) is 4.49. The number of hydrogen-bond donors (Lipinski definition) is 1. The van der Waals surface area contributed by atoms with Gasteiger partial charge in [-0.05, 0) is 45.9 Å². The van der Waals surface area contributed by atoms with Crippen LogP contribution in [0.4, 0.5) is 13.2 Å². The fraction of sp³-hybridized carbons (Fsp3) is 1.00. The highest BCUT2D eigenvalue weighted by Gasteiger charge is 2.43. The molecule has 0 aromatic carbocycles. The summed E-state index contributed by atoms with van der Waals surface area (Å²) >= 11 is 0. The van der Waals surface area contributed by atoms with Crippen LogP contribution in [0.25, 0.3) is 0 Å². The van der Waals surface area contributed by atoms with Crippen LogP contribution in [0.1, 0.15) is 12.8 Å². The number of hydrogen-bond acceptors (Lipinski definition) is 2. The molecule has 1 saturated heterocycles. The van der Waals surface area contributed by atoms with E-state index in [2.05, 4.69) is 10.2 Å². The maximum absolute atomic E-state index is 12.5. The zero-order valence-electron chi connectivity index (χ0n) is 8.56. The van der Waals surface area contributed by atoms with Gasteiger partial charge in [-0.1, -0.05) is 0 Å². The molecule has 1 aliphatic rings. The van der Waals surface area contributed by atoms with Crippen LogP contribution in [0.3, 0.4) is 0 Å². The first-order chi connectivity index (χ1) is 6.45. The second-order valence-corrected chi connectivity index (χ2v) is 3.95. The van der Waals surface area contributed by atoms with E-state index in [1.54, 1.807) is 0 Å². The summed E-state index contributed by atoms with van der Waals surface area (Å²) in [6.45, 7) is 1.53. The van der Waals surface area contributed by atoms with Gasteiger partial charge < -0.3 is 10.2 Å². The van der Waals surface area contributed by atoms with Gasteiger partial charge in [-0.15, -0.1) is 0 Å². The molecule has 5 heteroatoms. The molecule has 0 aliphatic carbocycles. The molecule has 1 rings (SSSR count). The largest absolute Gasteiger partial charge is 0.404 e. The Balaban J connectivity index is 2.54. The van der Waals surface area contributed by atoms with Gasteiger partial charge in [-0.3, -0.25) is 0 Å². The van der Waals surface area contributed by atoms with Gasteiger partial charge in [0.25, 0.3) is 0 Å². The molecule has 1 unspecified atom stereocenters. The lowest BCUT2D eigenvalue weighted by molar-refractivity contribution is -0.169. The minimum absolute atomic E-state index is 0.267. The van der Waals surface area contributed by atoms with E-state index < -0.39 is 12.2 Å². The van der Waals surface area contributed by atoms with Crippen LogP contribution in [0.2, 0.25) is 0 Å². The van der Waals surface area contributed by atoms with Crippen molar-refractivity contribution in [1.29, 1.82) is 0 Å². The standard InChI is InChI=1S/C9H17F3N2/c1-13-8(9(10,11)12)7-3-5-14(2)6-4-7/h7-8,13H,3-6H2,1-2H3. The van der Waals surface area contributed by atoms with E-state index in [-0.39, 0.29) is 5.92 Å². The molecule has 1 heterocycles. The molecule has 0 spiro atoms. The molecule has 1 N–H and O–H groups in total. The number of halogens is 3. The topological polar surface area (TPSA) is 15.3 Å². The number of nitrogens with one attached hydrogen (secondary N) is 1. The average Bonchev–Trinajstić information content (AvgIpc) is 2.07. The number of alkyl halides is 3. The van der Waals surface area contributed by atoms with Crippen LogP contribution >= 0.6 is 0 Å². The number of nitrogens with zero attached hydrogens (tertiary/aromatic N) is 1. The van der Waals surface area contributed by atoms with Gasteiger partial charge in [0.2, 0.25) is 0 Å². The second-order valence-electron chi connectivity index (χ2n) is 3.95. The Labute approximate surface area is 82.5 Å². The maximum Gasteiger partial charge on any atom is 0.404 e. The van der Waals surface area contributed by atoms with E-state index in [0.29, 0.717) is 12.8 Å². The van der Waals surface area contributed by atoms with Crippen LogP contribution < -0.4 is 5.32 Å². The average molecular weight is 210 g/mol. The predicted molar refractivity (Wildman–Crippen MR) is 49.1 cm³/mol. The quantitative estimate of drug-likeness (QED) is 0.742. The van der Waals surface area contributed by atoms with Crippen LogP contribution in [-0.2, 0) is 0 Å². The third-order valence-electron chi connectivity index (χ3n) is 2.90. The molecule has 0 saturated carbocycles. The molecular weight excluding hydrogens is 193 g/mol. The Kier molecular flexibility index (Phi) is 3.78. The first-order valence-electron chi connectivity index (χ1n) is 4.87. The van der Waals surface area contributed by atoms with Gasteiger partial charge in [-0.2, -0.15) is 13.2 Å². The molecule has 1 fully saturated rings. The van der Waals surface area contributed by atoms with Crippen LogP contribution in [0, 0.1) is 5.92 Å². The van der Waals surface area contributed by atoms with Crippen molar-refractivity contribution >= 4 is 0 Å². The molecule has 1 aliphatic heterocycles. The van der Waals surface area contributed by atoms with E-state index in [1.807, 2.05) is 7.05 Å². The number of rotatable bonds is 2. The summed E-state index contributed by atoms with van der Waals surface area (Å²) in [7, 11) is 3.33. The van der Waals surface area contributed by atoms with Crippen molar-refractivity contribution in [2.45, 2.75) is 25.1 Å². The van der Waals surface area contributed by atoms with E-state index in [0.717, 1.165) is 13.1 Å². The summed E-state index contributed by atoms with van der Waals surface area (Å²) in [5.74, 6) is -0.267. The van der Waals surface area contributed by atoms with Gasteiger partial charge in [0.15, 0.2) is 0 Å². The molecule has 0 aromatic rings. The van der Waals surface area contributed by atoms with Crippen molar-refractivity contribution in [2.75, 3.05) is 27.2 Å². The lowest BCUT2D eigenvalue weighted by Gasteiger charge is -2.34. The monoisotopic (exact) mass is 210 g/mol. The first kappa shape index (κ1) is 11.8. The summed E-state index contributed by atoms with van der Waals surface area (Å²) in [5, 5.41) is 2.38. The highest BCUT2D eigenvalue weighted by molar-refractivity contribution is 4.85. The van der Waals surface area contributed by atoms with Gasteiger partial charge in [-0.25, -0.2) is 0 Å². The van der Waals surface area contributed by atoms with Crippen molar-refractivity contribution in [3.8, 4) is 0 Å². The van der Waals surface area contributed by atoms with E-state index in [9.17, 15) is 13.2 Å². The molecule has 14 heavy (non-hydrogen) atoms. The molecule has 2 nitrogen and oxygen atoms in total. The number of piperidine rings is 1. The van der Waals surface area contributed by atoms with Crippen LogP contribution in [0.15, 0.2) is 0 Å². The minimum atomic E-state index is -4.12. The fourth-order valence-corrected chi connectivity index (χ4v) is 2.03. The molecule has 1 atom stereocenters. The van der Waals surface area contributed by atoms with Crippen molar-refractivity contribution in [3.05, 3.63) is 0 Å². The Morgan fingerprint density at radius 2 is 1.79 bits per heavy atom. The molecule has 0 amide bonds. The minimum Gasteiger partial charge on any atom is -0.309 e. The summed E-state index contributed by atoms with van der Waals surface area (Å²) in [4.78, 5) is 2.07. The number of likely N-dealkylation sites (tertiary alicyclic amines) is 1. The Morgan fingerprint density at radius 1 is 1.29 bits per heavy atom. The van der Waals surface area contributed by atoms with Crippen LogP contribution in [0.5, 0.6) is 0 Å². The van der Waals surface area contributed by atoms with Crippen molar-refractivity contribution in [2.24, 2.45) is 5.92 Å². The molecular formula is C9H17F3N2. The van der Waals surface area contributed by atoms with Crippen molar-refractivity contribution in [1.82, 2.24) is 10.2 Å². The van der Waals surface area contributed by atoms with E-state index in [1.165, 1.54) is 7.05 Å². The van der Waals surface area contributed by atoms with Crippen molar-refractivity contribution < 1.29 is 13.2 Å². The third-order valence-corrected chi connectivity index (χ3v) is 2.90. The zero-order valence-corrected chi connectivity index (χ0v) is 8.56. The Morgan fingerprint density at radius 3 is 2.14 bits per heavy atom. The summed E-state index contributed by atoms with van der Waals surface area (Å²) in [5.41, 5.74) is 0. The highest BCUT2D eigenvalue weighted by atomic mass is 19.4. The lowest BCUT2D eigenvalue weighted by atomic mass is 9.89. The first-order valence-corrected chi connectivity index (χ1v) is 4.87. The van der Waals surface area contributed by atoms with Crippen LogP contribution in [-0.4, -0.2) is 44.3 Å². The molecule has 84 valence electrons. The fourth-order valence-electron chi connectivity index (χ4n) is 2.03. The van der Waals surface area contributed by atoms with E-state index >= 15 is 0 Å². The SMILES string of the molecule is CNC(C1CCN(C)CC1)C(F)(F)F. The normalized spacial score (nSPS) is 23.8. The molecule has 0 radical (unpaired) electrons. The lowest BCUT2D eigenvalue weighted by Crippen LogP contribution is -2.49. The van der Waals surface area contributed by atoms with E-state index in [4.69, 9.17) is 0 Å². The van der Waals surface area contributed by atoms with Gasteiger partial charge >= 0.3 is 6.18 Å². The predicted octanol–water partition coefficient (Wildman–Crippen LogP) is 1.48. The summed E-state index contributed by atoms with van der Waals surface area (Å²) in [6, 6.07) is -1.34. The zero-order chi connectivity index (χ0) is 10.8. The maximum atomic E-state index is 12.5.